The van der Waals surface area contributed by atoms with E-state index in [0.29, 0.717) is 16.9 Å². The number of oxime groups is 1. The molecule has 2 unspecified atom stereocenters. The third-order valence-corrected chi connectivity index (χ3v) is 7.03. The van der Waals surface area contributed by atoms with E-state index in [0.717, 1.165) is 10.3 Å². The quantitative estimate of drug-likeness (QED) is 0.156. The van der Waals surface area contributed by atoms with E-state index in [9.17, 15) is 19.5 Å². The maximum absolute atomic E-state index is 13.0. The van der Waals surface area contributed by atoms with Crippen LogP contribution in [-0.4, -0.2) is 64.0 Å². The van der Waals surface area contributed by atoms with Crippen LogP contribution in [0, 0.1) is 0 Å². The number of aliphatic carboxylic acids is 1. The van der Waals surface area contributed by atoms with E-state index < -0.39 is 35.6 Å². The minimum Gasteiger partial charge on any atom is -0.543 e. The molecule has 2 amide bonds. The second-order valence-corrected chi connectivity index (χ2v) is 8.88. The molecule has 3 aliphatic rings. The van der Waals surface area contributed by atoms with Gasteiger partial charge in [-0.25, -0.2) is 4.57 Å². The van der Waals surface area contributed by atoms with Gasteiger partial charge in [0.1, 0.15) is 30.4 Å². The van der Waals surface area contributed by atoms with Gasteiger partial charge in [0.05, 0.1) is 23.3 Å². The van der Waals surface area contributed by atoms with Crippen LogP contribution in [-0.2, 0) is 30.5 Å². The van der Waals surface area contributed by atoms with Gasteiger partial charge in [-0.3, -0.25) is 25.1 Å². The number of hydrogen-bond acceptors (Lipinski definition) is 10. The summed E-state index contributed by atoms with van der Waals surface area (Å²) in [4.78, 5) is 45.0. The van der Waals surface area contributed by atoms with Crippen LogP contribution in [0.15, 0.2) is 64.1 Å². The molecule has 3 aliphatic heterocycles. The number of pyridine rings is 1. The molecule has 0 aliphatic carbocycles. The van der Waals surface area contributed by atoms with Crippen molar-refractivity contribution < 1.29 is 38.0 Å². The molecule has 5 rings (SSSR count). The molecule has 0 aromatic carbocycles. The molecular weight excluding hydrogens is 480 g/mol. The molecule has 1 saturated heterocycles. The predicted molar refractivity (Wildman–Crippen MR) is 118 cm³/mol. The Balaban J connectivity index is 1.34. The number of amides is 2. The number of ether oxygens (including phenoxy) is 1. The summed E-state index contributed by atoms with van der Waals surface area (Å²) in [5.41, 5.74) is 6.81. The maximum atomic E-state index is 13.0. The molecule has 3 N–H and O–H groups in total. The van der Waals surface area contributed by atoms with Crippen molar-refractivity contribution in [1.29, 1.82) is 0 Å². The molecule has 0 spiro atoms. The SMILES string of the molecule is CO/N=C(\C(=O)NC1C(=O)N2C(C(=O)[O-])=C(C[n+]3ccc4occc4c3)CS[C@H]12)N1C=COC1N. The number of carbonyl (C=O) groups excluding carboxylic acids is 3. The van der Waals surface area contributed by atoms with Crippen molar-refractivity contribution in [2.75, 3.05) is 12.9 Å². The fourth-order valence-electron chi connectivity index (χ4n) is 4.09. The lowest BCUT2D eigenvalue weighted by Gasteiger charge is -2.50. The van der Waals surface area contributed by atoms with Crippen LogP contribution in [0.2, 0.25) is 0 Å². The van der Waals surface area contributed by atoms with Gasteiger partial charge in [0.15, 0.2) is 18.9 Å². The Bertz CT molecular complexity index is 1300. The first-order valence-electron chi connectivity index (χ1n) is 10.4. The number of fused-ring (bicyclic) bond motifs is 2. The van der Waals surface area contributed by atoms with E-state index in [1.165, 1.54) is 36.2 Å². The predicted octanol–water partition coefficient (Wildman–Crippen LogP) is -1.87. The first kappa shape index (κ1) is 22.7. The molecule has 3 atom stereocenters. The Morgan fingerprint density at radius 3 is 2.97 bits per heavy atom. The Labute approximate surface area is 202 Å². The van der Waals surface area contributed by atoms with Gasteiger partial charge in [0.2, 0.25) is 12.2 Å². The lowest BCUT2D eigenvalue weighted by atomic mass is 10.0. The van der Waals surface area contributed by atoms with E-state index in [1.54, 1.807) is 24.6 Å². The summed E-state index contributed by atoms with van der Waals surface area (Å²) >= 11 is 1.34. The smallest absolute Gasteiger partial charge is 0.291 e. The number of hydrogen-bond donors (Lipinski definition) is 2. The summed E-state index contributed by atoms with van der Waals surface area (Å²) in [5.74, 6) is -2.65. The van der Waals surface area contributed by atoms with Gasteiger partial charge in [-0.15, -0.1) is 11.8 Å². The Morgan fingerprint density at radius 1 is 1.43 bits per heavy atom. The van der Waals surface area contributed by atoms with Crippen molar-refractivity contribution in [3.63, 3.8) is 0 Å². The number of carbonyl (C=O) groups is 3. The van der Waals surface area contributed by atoms with Crippen LogP contribution in [0.4, 0.5) is 0 Å². The van der Waals surface area contributed by atoms with Crippen LogP contribution < -0.4 is 20.7 Å². The summed E-state index contributed by atoms with van der Waals surface area (Å²) in [6, 6.07) is 2.61. The molecule has 2 aromatic heterocycles. The number of furan rings is 1. The number of carboxylic acids is 1. The zero-order valence-electron chi connectivity index (χ0n) is 18.3. The average molecular weight is 500 g/mol. The van der Waals surface area contributed by atoms with Gasteiger partial charge in [-0.1, -0.05) is 5.16 Å². The van der Waals surface area contributed by atoms with E-state index in [4.69, 9.17) is 19.7 Å². The Kier molecular flexibility index (Phi) is 5.82. The third kappa shape index (κ3) is 3.95. The lowest BCUT2D eigenvalue weighted by Crippen LogP contribution is -2.72. The molecule has 1 fully saturated rings. The summed E-state index contributed by atoms with van der Waals surface area (Å²) in [5, 5.41) is 18.5. The second-order valence-electron chi connectivity index (χ2n) is 7.77. The van der Waals surface area contributed by atoms with E-state index >= 15 is 0 Å². The highest BCUT2D eigenvalue weighted by atomic mass is 32.2. The molecule has 35 heavy (non-hydrogen) atoms. The van der Waals surface area contributed by atoms with E-state index in [2.05, 4.69) is 10.5 Å². The minimum absolute atomic E-state index is 0.187. The van der Waals surface area contributed by atoms with Crippen LogP contribution >= 0.6 is 11.8 Å². The number of carboxylic acid groups (broad SMARTS) is 1. The summed E-state index contributed by atoms with van der Waals surface area (Å²) in [6.45, 7) is 0.245. The minimum atomic E-state index is -1.46. The highest BCUT2D eigenvalue weighted by molar-refractivity contribution is 8.00. The molecule has 2 aromatic rings. The first-order chi connectivity index (χ1) is 16.9. The number of aromatic nitrogens is 1. The van der Waals surface area contributed by atoms with Crippen LogP contribution in [0.1, 0.15) is 0 Å². The summed E-state index contributed by atoms with van der Waals surface area (Å²) in [6.07, 6.45) is 6.86. The highest BCUT2D eigenvalue weighted by Gasteiger charge is 2.53. The largest absolute Gasteiger partial charge is 0.543 e. The Hall–Kier alpha value is -4.04. The zero-order chi connectivity index (χ0) is 24.7. The average Bonchev–Trinajstić information content (AvgIpc) is 3.48. The molecule has 182 valence electrons. The number of nitrogens with zero attached hydrogens (tertiary/aromatic N) is 4. The molecule has 0 saturated carbocycles. The van der Waals surface area contributed by atoms with Gasteiger partial charge in [0, 0.05) is 23.6 Å². The van der Waals surface area contributed by atoms with Gasteiger partial charge < -0.3 is 29.2 Å². The monoisotopic (exact) mass is 500 g/mol. The lowest BCUT2D eigenvalue weighted by molar-refractivity contribution is -0.687. The van der Waals surface area contributed by atoms with Crippen LogP contribution in [0.25, 0.3) is 11.0 Å². The fourth-order valence-corrected chi connectivity index (χ4v) is 5.43. The molecule has 0 radical (unpaired) electrons. The molecule has 13 nitrogen and oxygen atoms in total. The van der Waals surface area contributed by atoms with E-state index in [-0.39, 0.29) is 18.1 Å². The van der Waals surface area contributed by atoms with Crippen molar-refractivity contribution in [2.24, 2.45) is 10.9 Å². The number of β-lactam (4-membered cyclic amide) rings is 1. The van der Waals surface area contributed by atoms with Crippen LogP contribution in [0.5, 0.6) is 0 Å². The fraction of sp³-hybridized carbons (Fsp3) is 0.286. The summed E-state index contributed by atoms with van der Waals surface area (Å²) in [7, 11) is 1.26. The number of thioether (sulfide) groups is 1. The van der Waals surface area contributed by atoms with Crippen molar-refractivity contribution in [3.05, 3.63) is 54.5 Å². The highest BCUT2D eigenvalue weighted by Crippen LogP contribution is 2.40. The molecule has 5 heterocycles. The number of nitrogens with one attached hydrogen (secondary N) is 1. The van der Waals surface area contributed by atoms with Crippen LogP contribution in [0.3, 0.4) is 0 Å². The zero-order valence-corrected chi connectivity index (χ0v) is 19.1. The standard InChI is InChI=1S/C21H20N6O7S/c1-32-24-16(26-5-7-34-21(26)22)17(28)23-14-18(29)27-15(20(30)31)12(10-35-19(14)27)9-25-4-2-13-11(8-25)3-6-33-13/h2-8,14,19,21H,9-10,22H2,1H3,(H-,23,28,30,31)/b24-16+/t14?,19-,21?/m1/s1. The van der Waals surface area contributed by atoms with Crippen molar-refractivity contribution in [3.8, 4) is 0 Å². The molecule has 0 bridgehead atoms. The topological polar surface area (TPSA) is 167 Å². The van der Waals surface area contributed by atoms with Crippen molar-refractivity contribution in [1.82, 2.24) is 15.1 Å². The Morgan fingerprint density at radius 2 is 2.26 bits per heavy atom. The van der Waals surface area contributed by atoms with E-state index in [1.807, 2.05) is 10.8 Å². The summed E-state index contributed by atoms with van der Waals surface area (Å²) < 4.78 is 12.2. The third-order valence-electron chi connectivity index (χ3n) is 5.69. The van der Waals surface area contributed by atoms with Gasteiger partial charge in [-0.05, 0) is 6.07 Å². The van der Waals surface area contributed by atoms with Gasteiger partial charge >= 0.3 is 0 Å². The van der Waals surface area contributed by atoms with Gasteiger partial charge in [-0.2, -0.15) is 0 Å². The number of amidine groups is 1. The normalized spacial score (nSPS) is 23.8. The second kappa shape index (κ2) is 8.96. The van der Waals surface area contributed by atoms with Gasteiger partial charge in [0.25, 0.3) is 11.8 Å². The maximum Gasteiger partial charge on any atom is 0.291 e. The number of nitrogens with two attached hydrogens (primary N) is 1. The number of rotatable bonds is 5. The molecular formula is C21H20N6O7S. The molecule has 14 heteroatoms. The van der Waals surface area contributed by atoms with Crippen molar-refractivity contribution >= 4 is 46.4 Å². The van der Waals surface area contributed by atoms with Crippen molar-refractivity contribution in [2.45, 2.75) is 24.3 Å². The first-order valence-corrected chi connectivity index (χ1v) is 11.5.